The third-order valence-electron chi connectivity index (χ3n) is 3.79. The second-order valence-corrected chi connectivity index (χ2v) is 6.38. The molecule has 6 nitrogen and oxygen atoms in total. The molecule has 0 radical (unpaired) electrons. The largest absolute Gasteiger partial charge is 0.394 e. The number of aromatic amines is 1. The molecular weight excluding hydrogens is 351 g/mol. The number of benzene rings is 1. The number of H-pyrrole nitrogens is 1. The summed E-state index contributed by atoms with van der Waals surface area (Å²) in [6.45, 7) is 3.34. The van der Waals surface area contributed by atoms with Gasteiger partial charge in [-0.25, -0.2) is 0 Å². The number of aliphatic hydroxyl groups excluding tert-OH is 1. The zero-order valence-electron chi connectivity index (χ0n) is 13.2. The Bertz CT molecular complexity index is 844. The molecule has 2 aromatic heterocycles. The van der Waals surface area contributed by atoms with Crippen LogP contribution in [0.2, 0.25) is 10.0 Å². The van der Waals surface area contributed by atoms with Crippen LogP contribution in [-0.4, -0.2) is 38.3 Å². The summed E-state index contributed by atoms with van der Waals surface area (Å²) in [5, 5.41) is 19.1. The standard InChI is InChI=1S/C16H18Cl2N4O2/c1-10-13(16-14(18)6-11(17)7-15(16)19-10)2-3-22-8-12(20-21-22)9-24-5-4-23/h6-8,19,23H,2-5,9H2,1H3. The number of aryl methyl sites for hydroxylation is 3. The summed E-state index contributed by atoms with van der Waals surface area (Å²) in [6, 6.07) is 3.64. The minimum absolute atomic E-state index is 0.00124. The molecule has 0 bridgehead atoms. The number of fused-ring (bicyclic) bond motifs is 1. The van der Waals surface area contributed by atoms with E-state index in [0.29, 0.717) is 29.8 Å². The average molecular weight is 369 g/mol. The van der Waals surface area contributed by atoms with Crippen molar-refractivity contribution >= 4 is 34.1 Å². The first-order chi connectivity index (χ1) is 11.6. The van der Waals surface area contributed by atoms with E-state index in [-0.39, 0.29) is 6.61 Å². The highest BCUT2D eigenvalue weighted by atomic mass is 35.5. The van der Waals surface area contributed by atoms with E-state index in [1.165, 1.54) is 0 Å². The first-order valence-corrected chi connectivity index (χ1v) is 8.38. The molecule has 3 rings (SSSR count). The van der Waals surface area contributed by atoms with Crippen LogP contribution in [-0.2, 0) is 24.3 Å². The van der Waals surface area contributed by atoms with Gasteiger partial charge in [0.1, 0.15) is 5.69 Å². The maximum atomic E-state index is 8.70. The van der Waals surface area contributed by atoms with E-state index >= 15 is 0 Å². The highest BCUT2D eigenvalue weighted by Crippen LogP contribution is 2.32. The van der Waals surface area contributed by atoms with Gasteiger partial charge in [-0.1, -0.05) is 28.4 Å². The highest BCUT2D eigenvalue weighted by molar-refractivity contribution is 6.38. The number of halogens is 2. The molecule has 8 heteroatoms. The molecule has 0 aliphatic rings. The normalized spacial score (nSPS) is 11.5. The van der Waals surface area contributed by atoms with E-state index in [1.54, 1.807) is 10.7 Å². The first-order valence-electron chi connectivity index (χ1n) is 7.62. The molecule has 128 valence electrons. The quantitative estimate of drug-likeness (QED) is 0.628. The van der Waals surface area contributed by atoms with E-state index in [4.69, 9.17) is 33.0 Å². The van der Waals surface area contributed by atoms with Gasteiger partial charge in [-0.2, -0.15) is 0 Å². The van der Waals surface area contributed by atoms with Crippen molar-refractivity contribution in [3.63, 3.8) is 0 Å². The van der Waals surface area contributed by atoms with Crippen molar-refractivity contribution in [3.8, 4) is 0 Å². The number of aromatic nitrogens is 4. The lowest BCUT2D eigenvalue weighted by Crippen LogP contribution is -2.03. The maximum Gasteiger partial charge on any atom is 0.108 e. The summed E-state index contributed by atoms with van der Waals surface area (Å²) >= 11 is 12.4. The van der Waals surface area contributed by atoms with Crippen LogP contribution in [0.5, 0.6) is 0 Å². The molecule has 1 aromatic carbocycles. The minimum Gasteiger partial charge on any atom is -0.394 e. The van der Waals surface area contributed by atoms with Crippen molar-refractivity contribution < 1.29 is 9.84 Å². The molecule has 0 spiro atoms. The van der Waals surface area contributed by atoms with Gasteiger partial charge in [0.2, 0.25) is 0 Å². The fourth-order valence-electron chi connectivity index (χ4n) is 2.74. The summed E-state index contributed by atoms with van der Waals surface area (Å²) < 4.78 is 7.01. The van der Waals surface area contributed by atoms with Gasteiger partial charge in [0.15, 0.2) is 0 Å². The molecule has 0 atom stereocenters. The molecule has 0 aliphatic heterocycles. The molecule has 0 aliphatic carbocycles. The fourth-order valence-corrected chi connectivity index (χ4v) is 3.35. The fraction of sp³-hybridized carbons (Fsp3) is 0.375. The molecule has 0 amide bonds. The number of rotatable bonds is 7. The second-order valence-electron chi connectivity index (χ2n) is 5.54. The molecule has 2 N–H and O–H groups in total. The van der Waals surface area contributed by atoms with E-state index in [1.807, 2.05) is 19.2 Å². The summed E-state index contributed by atoms with van der Waals surface area (Å²) in [5.74, 6) is 0. The Morgan fingerprint density at radius 2 is 2.17 bits per heavy atom. The molecule has 0 unspecified atom stereocenters. The van der Waals surface area contributed by atoms with Crippen molar-refractivity contribution in [2.24, 2.45) is 0 Å². The van der Waals surface area contributed by atoms with Crippen LogP contribution in [0.25, 0.3) is 10.9 Å². The van der Waals surface area contributed by atoms with E-state index in [2.05, 4.69) is 15.3 Å². The maximum absolute atomic E-state index is 8.70. The first kappa shape index (κ1) is 17.2. The van der Waals surface area contributed by atoms with Crippen molar-refractivity contribution in [2.45, 2.75) is 26.5 Å². The number of nitrogens with zero attached hydrogens (tertiary/aromatic N) is 3. The third kappa shape index (κ3) is 3.72. The summed E-state index contributed by atoms with van der Waals surface area (Å²) in [7, 11) is 0. The van der Waals surface area contributed by atoms with Gasteiger partial charge < -0.3 is 14.8 Å². The van der Waals surface area contributed by atoms with Gasteiger partial charge in [0.05, 0.1) is 31.0 Å². The number of nitrogens with one attached hydrogen (secondary N) is 1. The Labute approximate surface area is 149 Å². The predicted molar refractivity (Wildman–Crippen MR) is 93.5 cm³/mol. The Morgan fingerprint density at radius 1 is 1.33 bits per heavy atom. The van der Waals surface area contributed by atoms with Crippen LogP contribution in [0.15, 0.2) is 18.3 Å². The second kappa shape index (κ2) is 7.53. The van der Waals surface area contributed by atoms with Crippen LogP contribution in [0.3, 0.4) is 0 Å². The minimum atomic E-state index is -0.00124. The number of hydrogen-bond donors (Lipinski definition) is 2. The predicted octanol–water partition coefficient (Wildman–Crippen LogP) is 3.13. The Balaban J connectivity index is 1.73. The summed E-state index contributed by atoms with van der Waals surface area (Å²) in [5.41, 5.74) is 3.90. The lowest BCUT2D eigenvalue weighted by atomic mass is 10.1. The van der Waals surface area contributed by atoms with Crippen molar-refractivity contribution in [3.05, 3.63) is 45.3 Å². The van der Waals surface area contributed by atoms with E-state index in [0.717, 1.165) is 34.3 Å². The van der Waals surface area contributed by atoms with Crippen LogP contribution in [0.4, 0.5) is 0 Å². The van der Waals surface area contributed by atoms with Gasteiger partial charge in [-0.3, -0.25) is 4.68 Å². The number of hydrogen-bond acceptors (Lipinski definition) is 4. The Hall–Kier alpha value is -1.60. The molecule has 24 heavy (non-hydrogen) atoms. The summed E-state index contributed by atoms with van der Waals surface area (Å²) in [6.07, 6.45) is 2.62. The van der Waals surface area contributed by atoms with Gasteiger partial charge in [0.25, 0.3) is 0 Å². The lowest BCUT2D eigenvalue weighted by molar-refractivity contribution is 0.0796. The molecule has 0 saturated carbocycles. The highest BCUT2D eigenvalue weighted by Gasteiger charge is 2.13. The van der Waals surface area contributed by atoms with E-state index in [9.17, 15) is 0 Å². The van der Waals surface area contributed by atoms with Crippen molar-refractivity contribution in [2.75, 3.05) is 13.2 Å². The average Bonchev–Trinajstić information content (AvgIpc) is 3.09. The monoisotopic (exact) mass is 368 g/mol. The molecular formula is C16H18Cl2N4O2. The van der Waals surface area contributed by atoms with Crippen LogP contribution >= 0.6 is 23.2 Å². The van der Waals surface area contributed by atoms with Crippen LogP contribution in [0.1, 0.15) is 17.0 Å². The number of ether oxygens (including phenoxy) is 1. The van der Waals surface area contributed by atoms with Crippen LogP contribution < -0.4 is 0 Å². The van der Waals surface area contributed by atoms with Crippen molar-refractivity contribution in [1.29, 1.82) is 0 Å². The topological polar surface area (TPSA) is 76.0 Å². The molecule has 2 heterocycles. The van der Waals surface area contributed by atoms with Gasteiger partial charge >= 0.3 is 0 Å². The zero-order valence-corrected chi connectivity index (χ0v) is 14.7. The third-order valence-corrected chi connectivity index (χ3v) is 4.31. The van der Waals surface area contributed by atoms with Gasteiger partial charge in [-0.15, -0.1) is 5.10 Å². The summed E-state index contributed by atoms with van der Waals surface area (Å²) in [4.78, 5) is 3.33. The molecule has 0 saturated heterocycles. The zero-order chi connectivity index (χ0) is 17.1. The number of aliphatic hydroxyl groups is 1. The SMILES string of the molecule is Cc1[nH]c2cc(Cl)cc(Cl)c2c1CCn1cc(COCCO)nn1. The lowest BCUT2D eigenvalue weighted by Gasteiger charge is -2.04. The molecule has 0 fully saturated rings. The Kier molecular flexibility index (Phi) is 5.40. The smallest absolute Gasteiger partial charge is 0.108 e. The van der Waals surface area contributed by atoms with Crippen LogP contribution in [0, 0.1) is 6.92 Å². The molecule has 3 aromatic rings. The Morgan fingerprint density at radius 3 is 2.96 bits per heavy atom. The van der Waals surface area contributed by atoms with Gasteiger partial charge in [0, 0.05) is 28.2 Å². The van der Waals surface area contributed by atoms with Gasteiger partial charge in [-0.05, 0) is 31.0 Å². The van der Waals surface area contributed by atoms with Crippen molar-refractivity contribution in [1.82, 2.24) is 20.0 Å². The van der Waals surface area contributed by atoms with E-state index < -0.39 is 0 Å².